The molecular formula is C19H19BrN2O3. The lowest BCUT2D eigenvalue weighted by Gasteiger charge is -2.28. The van der Waals surface area contributed by atoms with Gasteiger partial charge in [0.25, 0.3) is 0 Å². The smallest absolute Gasteiger partial charge is 0.410 e. The molecule has 2 saturated heterocycles. The number of nitrogens with zero attached hydrogens (tertiary/aromatic N) is 1. The number of rotatable bonds is 3. The minimum absolute atomic E-state index is 0.200. The Labute approximate surface area is 155 Å². The van der Waals surface area contributed by atoms with Gasteiger partial charge in [-0.05, 0) is 23.3 Å². The van der Waals surface area contributed by atoms with Crippen molar-refractivity contribution in [1.82, 2.24) is 10.4 Å². The molecule has 2 aliphatic heterocycles. The van der Waals surface area contributed by atoms with E-state index < -0.39 is 0 Å². The summed E-state index contributed by atoms with van der Waals surface area (Å²) < 4.78 is 6.50. The van der Waals surface area contributed by atoms with Gasteiger partial charge in [0, 0.05) is 23.5 Å². The van der Waals surface area contributed by atoms with Crippen LogP contribution in [0.4, 0.5) is 4.79 Å². The van der Waals surface area contributed by atoms with E-state index in [2.05, 4.69) is 33.5 Å². The van der Waals surface area contributed by atoms with Gasteiger partial charge in [-0.25, -0.2) is 4.79 Å². The molecule has 2 heterocycles. The first-order valence-corrected chi connectivity index (χ1v) is 9.07. The van der Waals surface area contributed by atoms with Gasteiger partial charge in [0.15, 0.2) is 0 Å². The van der Waals surface area contributed by atoms with Crippen LogP contribution in [0.15, 0.2) is 59.1 Å². The van der Waals surface area contributed by atoms with Crippen molar-refractivity contribution < 1.29 is 14.4 Å². The number of carbonyl (C=O) groups is 1. The fraction of sp³-hybridized carbons (Fsp3) is 0.316. The van der Waals surface area contributed by atoms with Gasteiger partial charge in [0.05, 0.1) is 12.1 Å². The summed E-state index contributed by atoms with van der Waals surface area (Å²) in [5.74, 6) is 0.200. The van der Waals surface area contributed by atoms with Crippen molar-refractivity contribution in [3.05, 3.63) is 70.2 Å². The van der Waals surface area contributed by atoms with Gasteiger partial charge in [0.1, 0.15) is 6.61 Å². The van der Waals surface area contributed by atoms with Crippen molar-refractivity contribution in [2.45, 2.75) is 12.1 Å². The lowest BCUT2D eigenvalue weighted by atomic mass is 9.83. The highest BCUT2D eigenvalue weighted by Crippen LogP contribution is 2.41. The topological polar surface area (TPSA) is 50.8 Å². The van der Waals surface area contributed by atoms with Crippen LogP contribution in [-0.2, 0) is 21.7 Å². The maximum absolute atomic E-state index is 12.5. The lowest BCUT2D eigenvalue weighted by Crippen LogP contribution is -2.44. The molecule has 0 bridgehead atoms. The van der Waals surface area contributed by atoms with Crippen LogP contribution >= 0.6 is 15.9 Å². The molecule has 130 valence electrons. The molecule has 6 heteroatoms. The molecule has 25 heavy (non-hydrogen) atoms. The van der Waals surface area contributed by atoms with Gasteiger partial charge >= 0.3 is 6.09 Å². The number of fused-ring (bicyclic) bond motifs is 1. The number of benzene rings is 2. The predicted molar refractivity (Wildman–Crippen MR) is 96.6 cm³/mol. The number of likely N-dealkylation sites (tertiary alicyclic amines) is 1. The first kappa shape index (κ1) is 16.6. The van der Waals surface area contributed by atoms with Crippen LogP contribution in [0.25, 0.3) is 0 Å². The third kappa shape index (κ3) is 3.17. The van der Waals surface area contributed by atoms with Gasteiger partial charge in [0.2, 0.25) is 0 Å². The molecule has 0 aromatic heterocycles. The number of hydrogen-bond acceptors (Lipinski definition) is 4. The molecule has 5 nitrogen and oxygen atoms in total. The number of ether oxygens (including phenoxy) is 1. The van der Waals surface area contributed by atoms with Crippen LogP contribution in [0.5, 0.6) is 0 Å². The van der Waals surface area contributed by atoms with E-state index in [1.807, 2.05) is 42.5 Å². The van der Waals surface area contributed by atoms with E-state index in [9.17, 15) is 4.79 Å². The highest BCUT2D eigenvalue weighted by atomic mass is 79.9. The molecule has 0 saturated carbocycles. The highest BCUT2D eigenvalue weighted by Gasteiger charge is 2.53. The quantitative estimate of drug-likeness (QED) is 0.853. The van der Waals surface area contributed by atoms with E-state index in [-0.39, 0.29) is 24.2 Å². The fourth-order valence-electron chi connectivity index (χ4n) is 3.60. The Kier molecular flexibility index (Phi) is 4.50. The van der Waals surface area contributed by atoms with Crippen LogP contribution in [0.2, 0.25) is 0 Å². The monoisotopic (exact) mass is 402 g/mol. The molecule has 2 aromatic rings. The Balaban J connectivity index is 1.48. The highest BCUT2D eigenvalue weighted by molar-refractivity contribution is 9.10. The number of hydroxylamine groups is 1. The second-order valence-electron chi connectivity index (χ2n) is 6.51. The number of halogens is 1. The van der Waals surface area contributed by atoms with Gasteiger partial charge in [-0.3, -0.25) is 0 Å². The molecule has 2 atom stereocenters. The molecule has 0 unspecified atom stereocenters. The molecule has 1 N–H and O–H groups in total. The minimum Gasteiger partial charge on any atom is -0.445 e. The first-order valence-electron chi connectivity index (χ1n) is 8.28. The zero-order valence-electron chi connectivity index (χ0n) is 13.7. The maximum Gasteiger partial charge on any atom is 0.410 e. The standard InChI is InChI=1S/C19H19BrN2O3/c20-17-8-4-7-15(9-17)19-13-22(10-16(19)12-25-21-19)18(23)24-11-14-5-2-1-3-6-14/h1-9,16,21H,10-13H2/t16-,19+/m0/s1. The third-order valence-electron chi connectivity index (χ3n) is 4.92. The van der Waals surface area contributed by atoms with Crippen molar-refractivity contribution in [1.29, 1.82) is 0 Å². The van der Waals surface area contributed by atoms with Crippen molar-refractivity contribution in [3.8, 4) is 0 Å². The summed E-state index contributed by atoms with van der Waals surface area (Å²) in [5, 5.41) is 0. The number of carbonyl (C=O) groups excluding carboxylic acids is 1. The van der Waals surface area contributed by atoms with Gasteiger partial charge in [-0.1, -0.05) is 58.4 Å². The van der Waals surface area contributed by atoms with Crippen LogP contribution < -0.4 is 5.48 Å². The zero-order valence-corrected chi connectivity index (χ0v) is 15.2. The Morgan fingerprint density at radius 1 is 1.28 bits per heavy atom. The van der Waals surface area contributed by atoms with E-state index in [0.29, 0.717) is 19.7 Å². The molecule has 0 spiro atoms. The van der Waals surface area contributed by atoms with Crippen LogP contribution in [0.3, 0.4) is 0 Å². The Bertz CT molecular complexity index is 770. The molecule has 2 fully saturated rings. The largest absolute Gasteiger partial charge is 0.445 e. The number of amides is 1. The van der Waals surface area contributed by atoms with E-state index in [4.69, 9.17) is 9.57 Å². The Morgan fingerprint density at radius 2 is 2.12 bits per heavy atom. The summed E-state index contributed by atoms with van der Waals surface area (Å²) in [4.78, 5) is 19.8. The number of hydrogen-bond donors (Lipinski definition) is 1. The summed E-state index contributed by atoms with van der Waals surface area (Å²) in [6, 6.07) is 17.9. The van der Waals surface area contributed by atoms with Gasteiger partial charge < -0.3 is 14.5 Å². The lowest BCUT2D eigenvalue weighted by molar-refractivity contribution is 0.0426. The van der Waals surface area contributed by atoms with Gasteiger partial charge in [-0.15, -0.1) is 0 Å². The predicted octanol–water partition coefficient (Wildman–Crippen LogP) is 3.45. The van der Waals surface area contributed by atoms with E-state index in [0.717, 1.165) is 15.6 Å². The zero-order chi connectivity index (χ0) is 17.3. The average molecular weight is 403 g/mol. The van der Waals surface area contributed by atoms with E-state index in [1.165, 1.54) is 0 Å². The van der Waals surface area contributed by atoms with Crippen molar-refractivity contribution >= 4 is 22.0 Å². The molecule has 0 aliphatic carbocycles. The van der Waals surface area contributed by atoms with Crippen molar-refractivity contribution in [3.63, 3.8) is 0 Å². The Hall–Kier alpha value is -1.89. The molecule has 2 aromatic carbocycles. The normalized spacial score (nSPS) is 25.0. The van der Waals surface area contributed by atoms with E-state index >= 15 is 0 Å². The summed E-state index contributed by atoms with van der Waals surface area (Å²) in [7, 11) is 0. The molecule has 4 rings (SSSR count). The average Bonchev–Trinajstić information content (AvgIpc) is 3.19. The molecule has 2 aliphatic rings. The summed E-state index contributed by atoms with van der Waals surface area (Å²) in [5.41, 5.74) is 4.88. The van der Waals surface area contributed by atoms with Crippen molar-refractivity contribution in [2.24, 2.45) is 5.92 Å². The number of nitrogens with one attached hydrogen (secondary N) is 1. The van der Waals surface area contributed by atoms with Crippen molar-refractivity contribution in [2.75, 3.05) is 19.7 Å². The van der Waals surface area contributed by atoms with Gasteiger partial charge in [-0.2, -0.15) is 5.48 Å². The summed E-state index contributed by atoms with van der Waals surface area (Å²) in [6.45, 7) is 2.01. The van der Waals surface area contributed by atoms with Crippen LogP contribution in [0, 0.1) is 5.92 Å². The Morgan fingerprint density at radius 3 is 2.92 bits per heavy atom. The molecular weight excluding hydrogens is 384 g/mol. The molecule has 1 amide bonds. The third-order valence-corrected chi connectivity index (χ3v) is 5.41. The van der Waals surface area contributed by atoms with Crippen LogP contribution in [0.1, 0.15) is 11.1 Å². The minimum atomic E-state index is -0.379. The maximum atomic E-state index is 12.5. The second-order valence-corrected chi connectivity index (χ2v) is 7.43. The molecule has 0 radical (unpaired) electrons. The SMILES string of the molecule is O=C(OCc1ccccc1)N1C[C@H]2CON[C@@]2(c2cccc(Br)c2)C1. The van der Waals surface area contributed by atoms with E-state index in [1.54, 1.807) is 4.90 Å². The second kappa shape index (κ2) is 6.78. The van der Waals surface area contributed by atoms with Crippen LogP contribution in [-0.4, -0.2) is 30.7 Å². The summed E-state index contributed by atoms with van der Waals surface area (Å²) in [6.07, 6.45) is -0.283. The summed E-state index contributed by atoms with van der Waals surface area (Å²) >= 11 is 3.52. The first-order chi connectivity index (χ1) is 12.2. The fourth-order valence-corrected chi connectivity index (χ4v) is 4.00.